The van der Waals surface area contributed by atoms with Gasteiger partial charge in [0.05, 0.1) is 29.0 Å². The fourth-order valence-electron chi connectivity index (χ4n) is 1.84. The minimum Gasteiger partial charge on any atom is -0.322 e. The molecule has 2 N–H and O–H groups in total. The molecule has 1 atom stereocenters. The van der Waals surface area contributed by atoms with Gasteiger partial charge in [0.15, 0.2) is 5.78 Å². The summed E-state index contributed by atoms with van der Waals surface area (Å²) in [4.78, 5) is 30.7. The third-order valence-electron chi connectivity index (χ3n) is 3.12. The smallest absolute Gasteiger partial charge is 0.242 e. The molecule has 0 aliphatic heterocycles. The Bertz CT molecular complexity index is 836. The van der Waals surface area contributed by atoms with Crippen LogP contribution in [0.5, 0.6) is 0 Å². The van der Waals surface area contributed by atoms with E-state index in [0.717, 1.165) is 0 Å². The van der Waals surface area contributed by atoms with E-state index in [0.29, 0.717) is 11.3 Å². The molecule has 24 heavy (non-hydrogen) atoms. The van der Waals surface area contributed by atoms with Crippen LogP contribution in [0.25, 0.3) is 0 Å². The number of nitrogens with one attached hydrogen (secondary N) is 2. The first-order valence-corrected chi connectivity index (χ1v) is 8.47. The maximum atomic E-state index is 12.3. The fraction of sp³-hybridized carbons (Fsp3) is 0.200. The molecule has 0 radical (unpaired) electrons. The third-order valence-corrected chi connectivity index (χ3v) is 4.68. The van der Waals surface area contributed by atoms with Gasteiger partial charge in [0, 0.05) is 5.56 Å². The molecule has 2 rings (SSSR count). The summed E-state index contributed by atoms with van der Waals surface area (Å²) in [5.74, 6) is -0.710. The first-order valence-electron chi connectivity index (χ1n) is 6.99. The molecule has 1 amide bonds. The zero-order chi connectivity index (χ0) is 17.7. The summed E-state index contributed by atoms with van der Waals surface area (Å²) < 4.78 is 26.8. The molecule has 1 aromatic heterocycles. The summed E-state index contributed by atoms with van der Waals surface area (Å²) in [5, 5.41) is 2.50. The number of anilines is 1. The molecule has 1 unspecified atom stereocenters. The monoisotopic (exact) mass is 348 g/mol. The van der Waals surface area contributed by atoms with E-state index in [4.69, 9.17) is 0 Å². The minimum atomic E-state index is -3.89. The quantitative estimate of drug-likeness (QED) is 0.752. The molecule has 9 heteroatoms. The number of rotatable bonds is 6. The number of sulfonamides is 1. The van der Waals surface area contributed by atoms with E-state index < -0.39 is 22.0 Å². The van der Waals surface area contributed by atoms with Crippen LogP contribution in [-0.2, 0) is 14.8 Å². The molecule has 0 spiro atoms. The summed E-state index contributed by atoms with van der Waals surface area (Å²) in [7, 11) is -3.89. The van der Waals surface area contributed by atoms with Gasteiger partial charge in [0.2, 0.25) is 15.9 Å². The summed E-state index contributed by atoms with van der Waals surface area (Å²) >= 11 is 0. The van der Waals surface area contributed by atoms with Crippen LogP contribution in [0.2, 0.25) is 0 Å². The van der Waals surface area contributed by atoms with E-state index in [1.807, 2.05) is 0 Å². The Morgan fingerprint density at radius 2 is 1.67 bits per heavy atom. The SMILES string of the molecule is CC(=O)c1ccc(S(=O)(=O)NC(C)C(=O)Nc2cncnc2)cc1. The lowest BCUT2D eigenvalue weighted by Gasteiger charge is -2.14. The van der Waals surface area contributed by atoms with Crippen molar-refractivity contribution in [1.29, 1.82) is 0 Å². The van der Waals surface area contributed by atoms with Gasteiger partial charge in [-0.05, 0) is 26.0 Å². The van der Waals surface area contributed by atoms with Crippen LogP contribution in [0.1, 0.15) is 24.2 Å². The molecule has 126 valence electrons. The molecular formula is C15H16N4O4S. The molecule has 1 heterocycles. The number of amides is 1. The molecule has 0 bridgehead atoms. The van der Waals surface area contributed by atoms with Crippen molar-refractivity contribution < 1.29 is 18.0 Å². The Kier molecular flexibility index (Phi) is 5.37. The molecule has 0 fully saturated rings. The molecule has 0 aliphatic carbocycles. The van der Waals surface area contributed by atoms with E-state index in [9.17, 15) is 18.0 Å². The molecule has 0 saturated carbocycles. The number of nitrogens with zero attached hydrogens (tertiary/aromatic N) is 2. The van der Waals surface area contributed by atoms with Crippen LogP contribution < -0.4 is 10.0 Å². The number of benzene rings is 1. The maximum Gasteiger partial charge on any atom is 0.242 e. The molecule has 8 nitrogen and oxygen atoms in total. The van der Waals surface area contributed by atoms with Gasteiger partial charge < -0.3 is 5.32 Å². The van der Waals surface area contributed by atoms with E-state index in [1.54, 1.807) is 0 Å². The van der Waals surface area contributed by atoms with Gasteiger partial charge in [-0.2, -0.15) is 4.72 Å². The summed E-state index contributed by atoms with van der Waals surface area (Å²) in [6, 6.07) is 4.46. The lowest BCUT2D eigenvalue weighted by atomic mass is 10.2. The van der Waals surface area contributed by atoms with Crippen molar-refractivity contribution in [2.24, 2.45) is 0 Å². The van der Waals surface area contributed by atoms with Gasteiger partial charge in [-0.25, -0.2) is 18.4 Å². The number of carbonyl (C=O) groups excluding carboxylic acids is 2. The first-order chi connectivity index (χ1) is 11.3. The number of carbonyl (C=O) groups is 2. The number of hydrogen-bond acceptors (Lipinski definition) is 6. The Balaban J connectivity index is 2.07. The zero-order valence-corrected chi connectivity index (χ0v) is 13.9. The second kappa shape index (κ2) is 7.28. The summed E-state index contributed by atoms with van der Waals surface area (Å²) in [6.07, 6.45) is 4.10. The standard InChI is InChI=1S/C15H16N4O4S/c1-10(15(21)18-13-7-16-9-17-8-13)19-24(22,23)14-5-3-12(4-6-14)11(2)20/h3-10,19H,1-2H3,(H,18,21). The fourth-order valence-corrected chi connectivity index (χ4v) is 3.04. The second-order valence-electron chi connectivity index (χ2n) is 5.04. The first kappa shape index (κ1) is 17.7. The number of ketones is 1. The van der Waals surface area contributed by atoms with Gasteiger partial charge in [0.25, 0.3) is 0 Å². The highest BCUT2D eigenvalue weighted by Crippen LogP contribution is 2.12. The summed E-state index contributed by atoms with van der Waals surface area (Å²) in [5.41, 5.74) is 0.767. The van der Waals surface area contributed by atoms with Crippen LogP contribution in [0.15, 0.2) is 47.9 Å². The van der Waals surface area contributed by atoms with Crippen molar-refractivity contribution in [3.8, 4) is 0 Å². The third kappa shape index (κ3) is 4.43. The van der Waals surface area contributed by atoms with Crippen molar-refractivity contribution in [2.75, 3.05) is 5.32 Å². The predicted octanol–water partition coefficient (Wildman–Crippen LogP) is 0.985. The average molecular weight is 348 g/mol. The van der Waals surface area contributed by atoms with Gasteiger partial charge in [-0.1, -0.05) is 12.1 Å². The van der Waals surface area contributed by atoms with Crippen molar-refractivity contribution in [1.82, 2.24) is 14.7 Å². The van der Waals surface area contributed by atoms with E-state index >= 15 is 0 Å². The van der Waals surface area contributed by atoms with Gasteiger partial charge >= 0.3 is 0 Å². The largest absolute Gasteiger partial charge is 0.322 e. The highest BCUT2D eigenvalue weighted by atomic mass is 32.2. The van der Waals surface area contributed by atoms with Crippen LogP contribution >= 0.6 is 0 Å². The molecular weight excluding hydrogens is 332 g/mol. The number of Topliss-reactive ketones (excluding diaryl/α,β-unsaturated/α-hetero) is 1. The normalized spacial score (nSPS) is 12.4. The molecule has 0 aliphatic rings. The number of hydrogen-bond donors (Lipinski definition) is 2. The maximum absolute atomic E-state index is 12.3. The Hall–Kier alpha value is -2.65. The van der Waals surface area contributed by atoms with Gasteiger partial charge in [-0.15, -0.1) is 0 Å². The van der Waals surface area contributed by atoms with Crippen LogP contribution in [-0.4, -0.2) is 36.1 Å². The van der Waals surface area contributed by atoms with Gasteiger partial charge in [-0.3, -0.25) is 9.59 Å². The van der Waals surface area contributed by atoms with Gasteiger partial charge in [0.1, 0.15) is 6.33 Å². The highest BCUT2D eigenvalue weighted by Gasteiger charge is 2.22. The molecule has 1 aromatic carbocycles. The predicted molar refractivity (Wildman–Crippen MR) is 86.9 cm³/mol. The lowest BCUT2D eigenvalue weighted by molar-refractivity contribution is -0.117. The van der Waals surface area contributed by atoms with E-state index in [2.05, 4.69) is 20.0 Å². The number of aromatic nitrogens is 2. The van der Waals surface area contributed by atoms with E-state index in [1.165, 1.54) is 56.8 Å². The topological polar surface area (TPSA) is 118 Å². The van der Waals surface area contributed by atoms with Crippen molar-refractivity contribution in [3.05, 3.63) is 48.5 Å². The lowest BCUT2D eigenvalue weighted by Crippen LogP contribution is -2.41. The van der Waals surface area contributed by atoms with Crippen molar-refractivity contribution >= 4 is 27.4 Å². The van der Waals surface area contributed by atoms with Crippen LogP contribution in [0.4, 0.5) is 5.69 Å². The van der Waals surface area contributed by atoms with Crippen LogP contribution in [0.3, 0.4) is 0 Å². The van der Waals surface area contributed by atoms with Crippen molar-refractivity contribution in [3.63, 3.8) is 0 Å². The molecule has 2 aromatic rings. The van der Waals surface area contributed by atoms with Crippen LogP contribution in [0, 0.1) is 0 Å². The highest BCUT2D eigenvalue weighted by molar-refractivity contribution is 7.89. The second-order valence-corrected chi connectivity index (χ2v) is 6.75. The minimum absolute atomic E-state index is 0.0322. The van der Waals surface area contributed by atoms with Crippen molar-refractivity contribution in [2.45, 2.75) is 24.8 Å². The molecule has 0 saturated heterocycles. The average Bonchev–Trinajstić information content (AvgIpc) is 2.55. The summed E-state index contributed by atoms with van der Waals surface area (Å²) in [6.45, 7) is 2.81. The zero-order valence-electron chi connectivity index (χ0n) is 13.1. The van der Waals surface area contributed by atoms with E-state index in [-0.39, 0.29) is 10.7 Å². The Morgan fingerprint density at radius 3 is 2.21 bits per heavy atom. The Morgan fingerprint density at radius 1 is 1.08 bits per heavy atom. The Labute approximate surface area is 139 Å².